The Hall–Kier alpha value is -1.14. The van der Waals surface area contributed by atoms with Gasteiger partial charge in [0.25, 0.3) is 0 Å². The number of halogens is 2. The van der Waals surface area contributed by atoms with E-state index in [9.17, 15) is 0 Å². The van der Waals surface area contributed by atoms with Crippen molar-refractivity contribution in [2.24, 2.45) is 0 Å². The summed E-state index contributed by atoms with van der Waals surface area (Å²) in [5.74, 6) is -2.01. The Bertz CT molecular complexity index is 651. The second-order valence-corrected chi connectivity index (χ2v) is 6.05. The molecule has 1 aromatic rings. The molecule has 0 heterocycles. The third kappa shape index (κ3) is 3.91. The van der Waals surface area contributed by atoms with Crippen molar-refractivity contribution in [2.45, 2.75) is 11.6 Å². The molecule has 24 heavy (non-hydrogen) atoms. The summed E-state index contributed by atoms with van der Waals surface area (Å²) in [5.41, 5.74) is 1.57. The molecule has 130 valence electrons. The molecule has 0 amide bonds. The Morgan fingerprint density at radius 1 is 0.792 bits per heavy atom. The van der Waals surface area contributed by atoms with Crippen LogP contribution >= 0.6 is 23.2 Å². The van der Waals surface area contributed by atoms with Crippen LogP contribution in [0.1, 0.15) is 5.56 Å². The van der Waals surface area contributed by atoms with Crippen molar-refractivity contribution in [2.75, 3.05) is 28.4 Å². The largest absolute Gasteiger partial charge is 0.346 e. The first-order valence-corrected chi connectivity index (χ1v) is 7.96. The van der Waals surface area contributed by atoms with Crippen LogP contribution in [0.15, 0.2) is 48.1 Å². The zero-order valence-electron chi connectivity index (χ0n) is 14.0. The lowest BCUT2D eigenvalue weighted by Gasteiger charge is -2.37. The topological polar surface area (TPSA) is 36.9 Å². The van der Waals surface area contributed by atoms with E-state index in [1.54, 1.807) is 52.7 Å². The van der Waals surface area contributed by atoms with Gasteiger partial charge in [-0.15, -0.1) is 0 Å². The molecule has 0 saturated heterocycles. The fourth-order valence-electron chi connectivity index (χ4n) is 2.50. The van der Waals surface area contributed by atoms with Crippen LogP contribution < -0.4 is 0 Å². The molecule has 0 radical (unpaired) electrons. The van der Waals surface area contributed by atoms with Gasteiger partial charge in [-0.3, -0.25) is 0 Å². The molecule has 0 aromatic heterocycles. The molecule has 0 unspecified atom stereocenters. The molecular formula is C18H20Cl2O4. The lowest BCUT2D eigenvalue weighted by Crippen LogP contribution is -2.41. The van der Waals surface area contributed by atoms with Crippen molar-refractivity contribution in [3.63, 3.8) is 0 Å². The number of hydrogen-bond acceptors (Lipinski definition) is 4. The number of ether oxygens (including phenoxy) is 4. The molecule has 1 aliphatic rings. The average Bonchev–Trinajstić information content (AvgIpc) is 2.59. The lowest BCUT2D eigenvalue weighted by atomic mass is 9.94. The van der Waals surface area contributed by atoms with Gasteiger partial charge in [0.15, 0.2) is 0 Å². The van der Waals surface area contributed by atoms with E-state index in [1.165, 1.54) is 0 Å². The smallest absolute Gasteiger partial charge is 0.214 e. The number of hydrogen-bond donors (Lipinski definition) is 0. The summed E-state index contributed by atoms with van der Waals surface area (Å²) >= 11 is 12.1. The van der Waals surface area contributed by atoms with Crippen molar-refractivity contribution < 1.29 is 18.9 Å². The Balaban J connectivity index is 2.44. The van der Waals surface area contributed by atoms with Crippen LogP contribution in [-0.4, -0.2) is 40.0 Å². The first kappa shape index (κ1) is 19.2. The Morgan fingerprint density at radius 3 is 1.88 bits per heavy atom. The monoisotopic (exact) mass is 370 g/mol. The highest BCUT2D eigenvalue weighted by atomic mass is 35.5. The number of rotatable bonds is 6. The van der Waals surface area contributed by atoms with Crippen LogP contribution in [0, 0.1) is 0 Å². The van der Waals surface area contributed by atoms with E-state index < -0.39 is 11.6 Å². The second kappa shape index (κ2) is 7.83. The van der Waals surface area contributed by atoms with Gasteiger partial charge in [-0.25, -0.2) is 0 Å². The van der Waals surface area contributed by atoms with Crippen molar-refractivity contribution in [1.29, 1.82) is 0 Å². The Kier molecular flexibility index (Phi) is 6.26. The van der Waals surface area contributed by atoms with Gasteiger partial charge in [-0.1, -0.05) is 35.4 Å². The van der Waals surface area contributed by atoms with Gasteiger partial charge in [0.05, 0.1) is 0 Å². The van der Waals surface area contributed by atoms with Gasteiger partial charge in [0, 0.05) is 44.1 Å². The Labute approximate surface area is 152 Å². The fraction of sp³-hybridized carbons (Fsp3) is 0.333. The van der Waals surface area contributed by atoms with E-state index >= 15 is 0 Å². The van der Waals surface area contributed by atoms with E-state index in [2.05, 4.69) is 0 Å². The normalized spacial score (nSPS) is 18.8. The maximum Gasteiger partial charge on any atom is 0.214 e. The Morgan fingerprint density at radius 2 is 1.38 bits per heavy atom. The third-order valence-electron chi connectivity index (χ3n) is 3.88. The zero-order valence-corrected chi connectivity index (χ0v) is 15.5. The van der Waals surface area contributed by atoms with Gasteiger partial charge in [0.1, 0.15) is 0 Å². The molecule has 0 N–H and O–H groups in total. The molecule has 0 spiro atoms. The maximum absolute atomic E-state index is 6.04. The number of benzene rings is 1. The summed E-state index contributed by atoms with van der Waals surface area (Å²) < 4.78 is 22.1. The molecule has 0 fully saturated rings. The highest BCUT2D eigenvalue weighted by molar-refractivity contribution is 6.34. The number of methoxy groups -OCH3 is 4. The molecule has 6 heteroatoms. The first-order valence-electron chi connectivity index (χ1n) is 7.21. The summed E-state index contributed by atoms with van der Waals surface area (Å²) in [6, 6.07) is 5.30. The predicted molar refractivity (Wildman–Crippen MR) is 96.2 cm³/mol. The van der Waals surface area contributed by atoms with Gasteiger partial charge < -0.3 is 18.9 Å². The van der Waals surface area contributed by atoms with Gasteiger partial charge in [0.2, 0.25) is 11.6 Å². The lowest BCUT2D eigenvalue weighted by molar-refractivity contribution is -0.164. The van der Waals surface area contributed by atoms with Crippen LogP contribution in [0.2, 0.25) is 10.0 Å². The average molecular weight is 371 g/mol. The van der Waals surface area contributed by atoms with Crippen molar-refractivity contribution in [1.82, 2.24) is 0 Å². The molecule has 1 aromatic carbocycles. The predicted octanol–water partition coefficient (Wildman–Crippen LogP) is 4.48. The molecule has 0 saturated carbocycles. The molecule has 2 rings (SSSR count). The third-order valence-corrected chi connectivity index (χ3v) is 4.32. The summed E-state index contributed by atoms with van der Waals surface area (Å²) in [7, 11) is 6.26. The maximum atomic E-state index is 6.04. The van der Waals surface area contributed by atoms with Crippen LogP contribution in [0.4, 0.5) is 0 Å². The summed E-state index contributed by atoms with van der Waals surface area (Å²) in [5, 5.41) is 1.13. The SMILES string of the molecule is COC1(OC)C=CC(OC)(OC)C(/C=C/c2cc(Cl)cc(Cl)c2)=C1. The van der Waals surface area contributed by atoms with Crippen molar-refractivity contribution in [3.8, 4) is 0 Å². The van der Waals surface area contributed by atoms with Crippen LogP contribution in [0.25, 0.3) is 6.08 Å². The standard InChI is InChI=1S/C18H20Cl2O4/c1-21-17(22-2)7-8-18(23-3,24-4)14(12-17)6-5-13-9-15(19)11-16(20)10-13/h5-12H,1-4H3/b6-5+. The fourth-order valence-corrected chi connectivity index (χ4v) is 3.04. The van der Waals surface area contributed by atoms with Crippen molar-refractivity contribution >= 4 is 29.3 Å². The minimum absolute atomic E-state index is 0.563. The van der Waals surface area contributed by atoms with E-state index in [0.717, 1.165) is 11.1 Å². The van der Waals surface area contributed by atoms with E-state index in [1.807, 2.05) is 24.3 Å². The molecule has 0 atom stereocenters. The summed E-state index contributed by atoms with van der Waals surface area (Å²) in [4.78, 5) is 0. The van der Waals surface area contributed by atoms with Crippen LogP contribution in [0.5, 0.6) is 0 Å². The minimum Gasteiger partial charge on any atom is -0.346 e. The van der Waals surface area contributed by atoms with Gasteiger partial charge in [-0.05, 0) is 42.0 Å². The van der Waals surface area contributed by atoms with Gasteiger partial charge >= 0.3 is 0 Å². The minimum atomic E-state index is -1.03. The zero-order chi connectivity index (χ0) is 17.8. The molecule has 0 bridgehead atoms. The highest BCUT2D eigenvalue weighted by Gasteiger charge is 2.39. The van der Waals surface area contributed by atoms with E-state index in [0.29, 0.717) is 10.0 Å². The van der Waals surface area contributed by atoms with E-state index in [-0.39, 0.29) is 0 Å². The van der Waals surface area contributed by atoms with Crippen LogP contribution in [0.3, 0.4) is 0 Å². The van der Waals surface area contributed by atoms with Crippen molar-refractivity contribution in [3.05, 3.63) is 63.7 Å². The molecule has 4 nitrogen and oxygen atoms in total. The van der Waals surface area contributed by atoms with Crippen LogP contribution in [-0.2, 0) is 18.9 Å². The summed E-state index contributed by atoms with van der Waals surface area (Å²) in [6.45, 7) is 0. The molecular weight excluding hydrogens is 351 g/mol. The quantitative estimate of drug-likeness (QED) is 0.546. The highest BCUT2D eigenvalue weighted by Crippen LogP contribution is 2.35. The molecule has 1 aliphatic carbocycles. The first-order chi connectivity index (χ1) is 11.4. The van der Waals surface area contributed by atoms with Gasteiger partial charge in [-0.2, -0.15) is 0 Å². The molecule has 0 aliphatic heterocycles. The summed E-state index contributed by atoms with van der Waals surface area (Å²) in [6.07, 6.45) is 9.01. The van der Waals surface area contributed by atoms with E-state index in [4.69, 9.17) is 42.1 Å². The second-order valence-electron chi connectivity index (χ2n) is 5.17.